The lowest BCUT2D eigenvalue weighted by atomic mass is 10.1. The Bertz CT molecular complexity index is 639. The zero-order chi connectivity index (χ0) is 17.6. The minimum atomic E-state index is -0.410. The number of amidine groups is 1. The molecule has 1 aromatic carbocycles. The lowest BCUT2D eigenvalue weighted by Gasteiger charge is -2.19. The molecule has 0 spiro atoms. The molecule has 134 valence electrons. The van der Waals surface area contributed by atoms with Gasteiger partial charge >= 0.3 is 0 Å². The van der Waals surface area contributed by atoms with E-state index in [1.54, 1.807) is 11.9 Å². The minimum Gasteiger partial charge on any atom is -0.362 e. The van der Waals surface area contributed by atoms with Crippen molar-refractivity contribution in [3.63, 3.8) is 0 Å². The summed E-state index contributed by atoms with van der Waals surface area (Å²) < 4.78 is 0. The van der Waals surface area contributed by atoms with Crippen LogP contribution in [0.3, 0.4) is 0 Å². The highest BCUT2D eigenvalue weighted by molar-refractivity contribution is 8.15. The predicted molar refractivity (Wildman–Crippen MR) is 103 cm³/mol. The topological polar surface area (TPSA) is 61.8 Å². The van der Waals surface area contributed by atoms with Gasteiger partial charge in [-0.15, -0.1) is 0 Å². The molecular formula is C19H25N3O2S. The first-order valence-electron chi connectivity index (χ1n) is 9.01. The van der Waals surface area contributed by atoms with E-state index in [0.29, 0.717) is 11.2 Å². The highest BCUT2D eigenvalue weighted by Gasteiger charge is 2.32. The van der Waals surface area contributed by atoms with Gasteiger partial charge in [0.1, 0.15) is 5.25 Å². The van der Waals surface area contributed by atoms with Crippen LogP contribution in [0, 0.1) is 0 Å². The SMILES string of the molecule is CN(C(=O)CC1SC(NC2CCCCCC2)=NC1=O)c1ccccc1. The van der Waals surface area contributed by atoms with E-state index in [2.05, 4.69) is 10.3 Å². The van der Waals surface area contributed by atoms with Crippen LogP contribution in [0.4, 0.5) is 5.69 Å². The van der Waals surface area contributed by atoms with Crippen molar-refractivity contribution >= 4 is 34.4 Å². The molecule has 6 heteroatoms. The standard InChI is InChI=1S/C19H25N3O2S/c1-22(15-11-7-4-8-12-15)17(23)13-16-18(24)21-19(25-16)20-14-9-5-2-3-6-10-14/h4,7-8,11-12,14,16H,2-3,5-6,9-10,13H2,1H3,(H,20,21,24). The third-order valence-corrected chi connectivity index (χ3v) is 5.89. The van der Waals surface area contributed by atoms with Crippen LogP contribution in [-0.2, 0) is 9.59 Å². The Labute approximate surface area is 153 Å². The molecule has 3 rings (SSSR count). The summed E-state index contributed by atoms with van der Waals surface area (Å²) in [7, 11) is 1.74. The van der Waals surface area contributed by atoms with Crippen LogP contribution < -0.4 is 10.2 Å². The maximum absolute atomic E-state index is 12.5. The van der Waals surface area contributed by atoms with Gasteiger partial charge in [0, 0.05) is 25.2 Å². The van der Waals surface area contributed by atoms with Crippen LogP contribution in [0.2, 0.25) is 0 Å². The van der Waals surface area contributed by atoms with Crippen molar-refractivity contribution in [3.8, 4) is 0 Å². The van der Waals surface area contributed by atoms with Crippen LogP contribution >= 0.6 is 11.8 Å². The van der Waals surface area contributed by atoms with Crippen molar-refractivity contribution in [1.29, 1.82) is 0 Å². The number of anilines is 1. The lowest BCUT2D eigenvalue weighted by molar-refractivity contribution is -0.122. The average Bonchev–Trinajstić information content (AvgIpc) is 2.81. The molecule has 2 amide bonds. The number of carbonyl (C=O) groups is 2. The van der Waals surface area contributed by atoms with Gasteiger partial charge in [-0.25, -0.2) is 0 Å². The molecule has 1 atom stereocenters. The van der Waals surface area contributed by atoms with Crippen LogP contribution in [-0.4, -0.2) is 35.3 Å². The van der Waals surface area contributed by atoms with Crippen LogP contribution in [0.5, 0.6) is 0 Å². The quantitative estimate of drug-likeness (QED) is 0.838. The molecule has 1 fully saturated rings. The number of hydrogen-bond acceptors (Lipinski definition) is 4. The van der Waals surface area contributed by atoms with Crippen LogP contribution in [0.1, 0.15) is 44.9 Å². The predicted octanol–water partition coefficient (Wildman–Crippen LogP) is 3.35. The molecule has 0 saturated heterocycles. The van der Waals surface area contributed by atoms with Crippen molar-refractivity contribution in [3.05, 3.63) is 30.3 Å². The first-order valence-corrected chi connectivity index (χ1v) is 9.89. The van der Waals surface area contributed by atoms with Gasteiger partial charge in [-0.3, -0.25) is 9.59 Å². The van der Waals surface area contributed by atoms with Crippen molar-refractivity contribution in [2.75, 3.05) is 11.9 Å². The Morgan fingerprint density at radius 2 is 1.88 bits per heavy atom. The highest BCUT2D eigenvalue weighted by Crippen LogP contribution is 2.27. The number of thioether (sulfide) groups is 1. The molecule has 1 aliphatic heterocycles. The second-order valence-electron chi connectivity index (χ2n) is 6.69. The van der Waals surface area contributed by atoms with E-state index in [1.165, 1.54) is 37.4 Å². The maximum Gasteiger partial charge on any atom is 0.262 e. The zero-order valence-electron chi connectivity index (χ0n) is 14.6. The number of amides is 2. The van der Waals surface area contributed by atoms with E-state index in [-0.39, 0.29) is 18.2 Å². The molecule has 0 radical (unpaired) electrons. The summed E-state index contributed by atoms with van der Waals surface area (Å²) in [5.74, 6) is -0.265. The molecule has 5 nitrogen and oxygen atoms in total. The average molecular weight is 359 g/mol. The number of nitrogens with zero attached hydrogens (tertiary/aromatic N) is 2. The molecule has 1 unspecified atom stereocenters. The smallest absolute Gasteiger partial charge is 0.262 e. The van der Waals surface area contributed by atoms with Gasteiger partial charge in [-0.05, 0) is 25.0 Å². The first kappa shape index (κ1) is 18.0. The number of rotatable bonds is 4. The Hall–Kier alpha value is -1.82. The lowest BCUT2D eigenvalue weighted by Crippen LogP contribution is -2.33. The molecule has 1 saturated carbocycles. The van der Waals surface area contributed by atoms with Gasteiger partial charge in [-0.2, -0.15) is 4.99 Å². The van der Waals surface area contributed by atoms with Gasteiger partial charge in [0.25, 0.3) is 5.91 Å². The van der Waals surface area contributed by atoms with Crippen molar-refractivity contribution in [2.45, 2.75) is 56.2 Å². The molecule has 0 bridgehead atoms. The third-order valence-electron chi connectivity index (χ3n) is 4.80. The van der Waals surface area contributed by atoms with Gasteiger partial charge in [0.2, 0.25) is 5.91 Å². The van der Waals surface area contributed by atoms with Crippen LogP contribution in [0.15, 0.2) is 35.3 Å². The number of hydrogen-bond donors (Lipinski definition) is 1. The Kier molecular flexibility index (Phi) is 6.13. The summed E-state index contributed by atoms with van der Waals surface area (Å²) in [5.41, 5.74) is 0.834. The third kappa shape index (κ3) is 4.84. The van der Waals surface area contributed by atoms with Crippen molar-refractivity contribution < 1.29 is 9.59 Å². The summed E-state index contributed by atoms with van der Waals surface area (Å²) in [6, 6.07) is 9.88. The van der Waals surface area contributed by atoms with E-state index in [1.807, 2.05) is 30.3 Å². The fourth-order valence-corrected chi connectivity index (χ4v) is 4.29. The zero-order valence-corrected chi connectivity index (χ0v) is 15.4. The number of carbonyl (C=O) groups excluding carboxylic acids is 2. The summed E-state index contributed by atoms with van der Waals surface area (Å²) in [6.45, 7) is 0. The van der Waals surface area contributed by atoms with Crippen LogP contribution in [0.25, 0.3) is 0 Å². The molecular weight excluding hydrogens is 334 g/mol. The van der Waals surface area contributed by atoms with E-state index in [0.717, 1.165) is 18.5 Å². The highest BCUT2D eigenvalue weighted by atomic mass is 32.2. The Balaban J connectivity index is 1.53. The summed E-state index contributed by atoms with van der Waals surface area (Å²) in [6.07, 6.45) is 7.48. The molecule has 1 N–H and O–H groups in total. The largest absolute Gasteiger partial charge is 0.362 e. The van der Waals surface area contributed by atoms with Gasteiger partial charge < -0.3 is 10.2 Å². The maximum atomic E-state index is 12.5. The first-order chi connectivity index (χ1) is 12.1. The van der Waals surface area contributed by atoms with Crippen molar-refractivity contribution in [2.24, 2.45) is 4.99 Å². The van der Waals surface area contributed by atoms with E-state index >= 15 is 0 Å². The van der Waals surface area contributed by atoms with Crippen molar-refractivity contribution in [1.82, 2.24) is 5.32 Å². The molecule has 2 aliphatic rings. The minimum absolute atomic E-state index is 0.0667. The van der Waals surface area contributed by atoms with E-state index in [4.69, 9.17) is 0 Å². The number of para-hydroxylation sites is 1. The second-order valence-corrected chi connectivity index (χ2v) is 7.88. The van der Waals surface area contributed by atoms with Gasteiger partial charge in [-0.1, -0.05) is 55.6 Å². The fraction of sp³-hybridized carbons (Fsp3) is 0.526. The van der Waals surface area contributed by atoms with E-state index < -0.39 is 5.25 Å². The Morgan fingerprint density at radius 1 is 1.20 bits per heavy atom. The summed E-state index contributed by atoms with van der Waals surface area (Å²) >= 11 is 1.40. The van der Waals surface area contributed by atoms with E-state index in [9.17, 15) is 9.59 Å². The normalized spacial score (nSPS) is 21.6. The van der Waals surface area contributed by atoms with Gasteiger partial charge in [0.05, 0.1) is 0 Å². The number of nitrogens with one attached hydrogen (secondary N) is 1. The summed E-state index contributed by atoms with van der Waals surface area (Å²) in [5, 5.41) is 3.70. The molecule has 25 heavy (non-hydrogen) atoms. The molecule has 1 heterocycles. The molecule has 1 aromatic rings. The second kappa shape index (κ2) is 8.52. The molecule has 1 aliphatic carbocycles. The van der Waals surface area contributed by atoms with Gasteiger partial charge in [0.15, 0.2) is 5.17 Å². The fourth-order valence-electron chi connectivity index (χ4n) is 3.27. The number of benzene rings is 1. The molecule has 0 aromatic heterocycles. The monoisotopic (exact) mass is 359 g/mol. The summed E-state index contributed by atoms with van der Waals surface area (Å²) in [4.78, 5) is 30.4. The number of aliphatic imine (C=N–C) groups is 1. The Morgan fingerprint density at radius 3 is 2.56 bits per heavy atom.